The van der Waals surface area contributed by atoms with Crippen LogP contribution in [0.25, 0.3) is 11.3 Å². The summed E-state index contributed by atoms with van der Waals surface area (Å²) in [6, 6.07) is 20.2. The van der Waals surface area contributed by atoms with E-state index in [9.17, 15) is 0 Å². The van der Waals surface area contributed by atoms with Crippen molar-refractivity contribution in [3.63, 3.8) is 0 Å². The Hall–Kier alpha value is -2.55. The second-order valence-electron chi connectivity index (χ2n) is 4.48. The third-order valence-electron chi connectivity index (χ3n) is 3.02. The lowest BCUT2D eigenvalue weighted by atomic mass is 10.1. The van der Waals surface area contributed by atoms with Crippen LogP contribution in [-0.2, 0) is 6.54 Å². The highest BCUT2D eigenvalue weighted by Crippen LogP contribution is 2.23. The molecule has 3 nitrogen and oxygen atoms in total. The van der Waals surface area contributed by atoms with Crippen molar-refractivity contribution >= 4 is 5.69 Å². The average molecular weight is 249 g/mol. The summed E-state index contributed by atoms with van der Waals surface area (Å²) in [5.41, 5.74) is 9.86. The second kappa shape index (κ2) is 4.98. The van der Waals surface area contributed by atoms with Crippen LogP contribution in [-0.4, -0.2) is 9.78 Å². The summed E-state index contributed by atoms with van der Waals surface area (Å²) in [4.78, 5) is 0. The molecule has 0 radical (unpaired) electrons. The van der Waals surface area contributed by atoms with Gasteiger partial charge in [0.15, 0.2) is 0 Å². The van der Waals surface area contributed by atoms with Crippen LogP contribution in [0, 0.1) is 0 Å². The number of nitrogen functional groups attached to an aromatic ring is 1. The summed E-state index contributed by atoms with van der Waals surface area (Å²) < 4.78 is 1.88. The highest BCUT2D eigenvalue weighted by molar-refractivity contribution is 5.71. The van der Waals surface area contributed by atoms with Gasteiger partial charge in [0.1, 0.15) is 5.69 Å². The molecule has 3 rings (SSSR count). The first-order chi connectivity index (χ1) is 9.33. The zero-order valence-corrected chi connectivity index (χ0v) is 10.5. The molecule has 0 aliphatic carbocycles. The van der Waals surface area contributed by atoms with E-state index in [1.807, 2.05) is 59.4 Å². The molecule has 3 heteroatoms. The topological polar surface area (TPSA) is 43.8 Å². The minimum Gasteiger partial charge on any atom is -0.396 e. The van der Waals surface area contributed by atoms with Gasteiger partial charge in [0.2, 0.25) is 0 Å². The van der Waals surface area contributed by atoms with Gasteiger partial charge in [-0.25, -0.2) is 0 Å². The Morgan fingerprint density at radius 2 is 1.53 bits per heavy atom. The number of nitrogens with zero attached hydrogens (tertiary/aromatic N) is 2. The Labute approximate surface area is 112 Å². The zero-order valence-electron chi connectivity index (χ0n) is 10.5. The largest absolute Gasteiger partial charge is 0.396 e. The summed E-state index contributed by atoms with van der Waals surface area (Å²) in [5.74, 6) is 0. The quantitative estimate of drug-likeness (QED) is 0.774. The van der Waals surface area contributed by atoms with Crippen LogP contribution in [0.5, 0.6) is 0 Å². The van der Waals surface area contributed by atoms with Crippen molar-refractivity contribution in [2.24, 2.45) is 0 Å². The van der Waals surface area contributed by atoms with Gasteiger partial charge in [-0.05, 0) is 5.56 Å². The van der Waals surface area contributed by atoms with Crippen molar-refractivity contribution in [3.05, 3.63) is 72.4 Å². The lowest BCUT2D eigenvalue weighted by Crippen LogP contribution is -1.99. The fraction of sp³-hybridized carbons (Fsp3) is 0.0625. The summed E-state index contributed by atoms with van der Waals surface area (Å²) in [7, 11) is 0. The van der Waals surface area contributed by atoms with Crippen molar-refractivity contribution in [2.45, 2.75) is 6.54 Å². The molecule has 19 heavy (non-hydrogen) atoms. The third-order valence-corrected chi connectivity index (χ3v) is 3.02. The van der Waals surface area contributed by atoms with Crippen molar-refractivity contribution in [1.29, 1.82) is 0 Å². The van der Waals surface area contributed by atoms with E-state index < -0.39 is 0 Å². The SMILES string of the molecule is Nc1cn(Cc2ccccc2)nc1-c1ccccc1. The number of anilines is 1. The van der Waals surface area contributed by atoms with Gasteiger partial charge in [-0.1, -0.05) is 60.7 Å². The monoisotopic (exact) mass is 249 g/mol. The van der Waals surface area contributed by atoms with Gasteiger partial charge in [-0.2, -0.15) is 5.10 Å². The molecule has 1 aromatic heterocycles. The van der Waals surface area contributed by atoms with Crippen LogP contribution in [0.4, 0.5) is 5.69 Å². The second-order valence-corrected chi connectivity index (χ2v) is 4.48. The van der Waals surface area contributed by atoms with Crippen molar-refractivity contribution < 1.29 is 0 Å². The number of hydrogen-bond acceptors (Lipinski definition) is 2. The molecule has 0 fully saturated rings. The lowest BCUT2D eigenvalue weighted by molar-refractivity contribution is 0.689. The maximum Gasteiger partial charge on any atom is 0.115 e. The molecule has 0 aliphatic heterocycles. The van der Waals surface area contributed by atoms with Crippen LogP contribution >= 0.6 is 0 Å². The Bertz CT molecular complexity index is 657. The van der Waals surface area contributed by atoms with Gasteiger partial charge in [-0.3, -0.25) is 4.68 Å². The van der Waals surface area contributed by atoms with E-state index in [4.69, 9.17) is 5.73 Å². The molecule has 0 atom stereocenters. The molecule has 1 heterocycles. The van der Waals surface area contributed by atoms with Crippen molar-refractivity contribution in [1.82, 2.24) is 9.78 Å². The highest BCUT2D eigenvalue weighted by atomic mass is 15.3. The number of benzene rings is 2. The Morgan fingerprint density at radius 3 is 2.21 bits per heavy atom. The van der Waals surface area contributed by atoms with E-state index in [-0.39, 0.29) is 0 Å². The molecule has 0 saturated carbocycles. The van der Waals surface area contributed by atoms with E-state index in [1.165, 1.54) is 5.56 Å². The maximum absolute atomic E-state index is 6.04. The molecule has 2 N–H and O–H groups in total. The minimum atomic E-state index is 0.710. The van der Waals surface area contributed by atoms with Crippen molar-refractivity contribution in [2.75, 3.05) is 5.73 Å². The predicted molar refractivity (Wildman–Crippen MR) is 77.6 cm³/mol. The molecular formula is C16H15N3. The first kappa shape index (κ1) is 11.5. The zero-order chi connectivity index (χ0) is 13.1. The van der Waals surface area contributed by atoms with Gasteiger partial charge in [0, 0.05) is 11.8 Å². The van der Waals surface area contributed by atoms with Crippen LogP contribution < -0.4 is 5.73 Å². The molecule has 94 valence electrons. The Morgan fingerprint density at radius 1 is 0.895 bits per heavy atom. The lowest BCUT2D eigenvalue weighted by Gasteiger charge is -2.01. The molecular weight excluding hydrogens is 234 g/mol. The summed E-state index contributed by atoms with van der Waals surface area (Å²) in [6.07, 6.45) is 1.88. The van der Waals surface area contributed by atoms with Gasteiger partial charge >= 0.3 is 0 Å². The molecule has 0 spiro atoms. The summed E-state index contributed by atoms with van der Waals surface area (Å²) in [5, 5.41) is 4.57. The minimum absolute atomic E-state index is 0.710. The molecule has 3 aromatic rings. The van der Waals surface area contributed by atoms with Crippen molar-refractivity contribution in [3.8, 4) is 11.3 Å². The van der Waals surface area contributed by atoms with E-state index in [0.717, 1.165) is 17.8 Å². The fourth-order valence-corrected chi connectivity index (χ4v) is 2.11. The molecule has 0 amide bonds. The Balaban J connectivity index is 1.90. The standard InChI is InChI=1S/C16H15N3/c17-15-12-19(11-13-7-3-1-4-8-13)18-16(15)14-9-5-2-6-10-14/h1-10,12H,11,17H2. The number of nitrogens with two attached hydrogens (primary N) is 1. The van der Waals surface area contributed by atoms with Crippen LogP contribution in [0.3, 0.4) is 0 Å². The smallest absolute Gasteiger partial charge is 0.115 e. The van der Waals surface area contributed by atoms with Gasteiger partial charge in [0.05, 0.1) is 12.2 Å². The van der Waals surface area contributed by atoms with E-state index >= 15 is 0 Å². The first-order valence-electron chi connectivity index (χ1n) is 6.25. The van der Waals surface area contributed by atoms with E-state index in [0.29, 0.717) is 5.69 Å². The predicted octanol–water partition coefficient (Wildman–Crippen LogP) is 3.18. The number of hydrogen-bond donors (Lipinski definition) is 1. The fourth-order valence-electron chi connectivity index (χ4n) is 2.11. The normalized spacial score (nSPS) is 10.5. The molecule has 0 aliphatic rings. The van der Waals surface area contributed by atoms with Crippen LogP contribution in [0.1, 0.15) is 5.56 Å². The van der Waals surface area contributed by atoms with Gasteiger partial charge in [-0.15, -0.1) is 0 Å². The number of rotatable bonds is 3. The average Bonchev–Trinajstić information content (AvgIpc) is 2.82. The third kappa shape index (κ3) is 2.50. The highest BCUT2D eigenvalue weighted by Gasteiger charge is 2.08. The molecule has 0 bridgehead atoms. The Kier molecular flexibility index (Phi) is 3.02. The number of aromatic nitrogens is 2. The molecule has 2 aromatic carbocycles. The van der Waals surface area contributed by atoms with Crippen LogP contribution in [0.15, 0.2) is 66.9 Å². The van der Waals surface area contributed by atoms with Gasteiger partial charge < -0.3 is 5.73 Å². The maximum atomic E-state index is 6.04. The van der Waals surface area contributed by atoms with E-state index in [1.54, 1.807) is 0 Å². The van der Waals surface area contributed by atoms with Crippen LogP contribution in [0.2, 0.25) is 0 Å². The first-order valence-corrected chi connectivity index (χ1v) is 6.25. The van der Waals surface area contributed by atoms with Gasteiger partial charge in [0.25, 0.3) is 0 Å². The summed E-state index contributed by atoms with van der Waals surface area (Å²) >= 11 is 0. The van der Waals surface area contributed by atoms with E-state index in [2.05, 4.69) is 17.2 Å². The summed E-state index contributed by atoms with van der Waals surface area (Å²) in [6.45, 7) is 0.734. The molecule has 0 saturated heterocycles. The molecule has 0 unspecified atom stereocenters.